The minimum atomic E-state index is -4.98. The minimum absolute atomic E-state index is 0.0306. The Bertz CT molecular complexity index is 907. The number of amides is 1. The highest BCUT2D eigenvalue weighted by atomic mass is 35.5. The lowest BCUT2D eigenvalue weighted by atomic mass is 10.0. The summed E-state index contributed by atoms with van der Waals surface area (Å²) in [7, 11) is -4.47. The highest BCUT2D eigenvalue weighted by Crippen LogP contribution is 2.38. The molecule has 0 heterocycles. The molecule has 2 aromatic carbocycles. The lowest BCUT2D eigenvalue weighted by Gasteiger charge is -2.16. The Morgan fingerprint density at radius 3 is 2.12 bits per heavy atom. The van der Waals surface area contributed by atoms with E-state index in [4.69, 9.17) is 17.3 Å². The maximum absolute atomic E-state index is 13.3. The average Bonchev–Trinajstić information content (AvgIpc) is 2.45. The van der Waals surface area contributed by atoms with Crippen molar-refractivity contribution in [3.63, 3.8) is 0 Å². The number of rotatable bonds is 3. The molecule has 0 radical (unpaired) electrons. The van der Waals surface area contributed by atoms with Gasteiger partial charge in [0.25, 0.3) is 0 Å². The van der Waals surface area contributed by atoms with Crippen molar-refractivity contribution in [3.8, 4) is 0 Å². The molecule has 0 saturated heterocycles. The van der Waals surface area contributed by atoms with Crippen molar-refractivity contribution in [2.75, 3.05) is 0 Å². The van der Waals surface area contributed by atoms with E-state index in [1.54, 1.807) is 0 Å². The summed E-state index contributed by atoms with van der Waals surface area (Å²) in [6.07, 6.45) is -4.98. The van der Waals surface area contributed by atoms with E-state index in [2.05, 4.69) is 0 Å². The number of benzene rings is 2. The summed E-state index contributed by atoms with van der Waals surface area (Å²) in [5.74, 6) is -1.08. The maximum atomic E-state index is 13.3. The number of hydrogen-bond acceptors (Lipinski definition) is 3. The van der Waals surface area contributed by atoms with E-state index in [0.717, 1.165) is 18.2 Å². The first-order chi connectivity index (χ1) is 10.9. The molecule has 0 fully saturated rings. The number of alkyl halides is 3. The van der Waals surface area contributed by atoms with E-state index < -0.39 is 37.9 Å². The van der Waals surface area contributed by atoms with Crippen LogP contribution in [0.5, 0.6) is 0 Å². The molecular weight excluding hydrogens is 367 g/mol. The van der Waals surface area contributed by atoms with Crippen molar-refractivity contribution < 1.29 is 26.4 Å². The molecule has 0 aliphatic carbocycles. The van der Waals surface area contributed by atoms with Crippen molar-refractivity contribution in [2.24, 2.45) is 5.73 Å². The van der Waals surface area contributed by atoms with Gasteiger partial charge in [-0.05, 0) is 48.9 Å². The van der Waals surface area contributed by atoms with Crippen LogP contribution < -0.4 is 5.73 Å². The molecule has 1 amide bonds. The highest BCUT2D eigenvalue weighted by molar-refractivity contribution is 7.91. The molecule has 0 aromatic heterocycles. The van der Waals surface area contributed by atoms with E-state index in [-0.39, 0.29) is 15.5 Å². The fourth-order valence-electron chi connectivity index (χ4n) is 2.13. The largest absolute Gasteiger partial charge is 0.417 e. The zero-order chi connectivity index (χ0) is 18.3. The monoisotopic (exact) mass is 377 g/mol. The summed E-state index contributed by atoms with van der Waals surface area (Å²) in [4.78, 5) is 9.97. The first-order valence-electron chi connectivity index (χ1n) is 6.47. The number of aryl methyl sites for hydroxylation is 1. The Balaban J connectivity index is 2.80. The molecule has 0 unspecified atom stereocenters. The lowest BCUT2D eigenvalue weighted by molar-refractivity contribution is -0.139. The number of carbonyl (C=O) groups excluding carboxylic acids is 1. The molecule has 0 bridgehead atoms. The summed E-state index contributed by atoms with van der Waals surface area (Å²) in [5.41, 5.74) is 3.24. The molecule has 0 spiro atoms. The van der Waals surface area contributed by atoms with Crippen LogP contribution in [0.1, 0.15) is 21.5 Å². The second-order valence-electron chi connectivity index (χ2n) is 4.98. The van der Waals surface area contributed by atoms with Gasteiger partial charge in [0.1, 0.15) is 0 Å². The van der Waals surface area contributed by atoms with Crippen molar-refractivity contribution in [1.29, 1.82) is 0 Å². The van der Waals surface area contributed by atoms with Gasteiger partial charge in [-0.15, -0.1) is 0 Å². The maximum Gasteiger partial charge on any atom is 0.417 e. The Labute approximate surface area is 141 Å². The zero-order valence-corrected chi connectivity index (χ0v) is 13.8. The standard InChI is InChI=1S/C15H11ClF3NO3S/c1-8-6-13(12(15(17,18)19)7-11(8)14(20)21)24(22,23)10-4-2-9(16)3-5-10/h2-7H,1H3,(H2,20,21). The van der Waals surface area contributed by atoms with Gasteiger partial charge >= 0.3 is 6.18 Å². The van der Waals surface area contributed by atoms with Gasteiger partial charge in [-0.2, -0.15) is 13.2 Å². The molecule has 9 heteroatoms. The van der Waals surface area contributed by atoms with E-state index >= 15 is 0 Å². The predicted octanol–water partition coefficient (Wildman–Crippen LogP) is 3.60. The van der Waals surface area contributed by atoms with E-state index in [9.17, 15) is 26.4 Å². The van der Waals surface area contributed by atoms with E-state index in [0.29, 0.717) is 6.07 Å². The van der Waals surface area contributed by atoms with Crippen LogP contribution in [0.3, 0.4) is 0 Å². The molecule has 0 aliphatic heterocycles. The van der Waals surface area contributed by atoms with Gasteiger partial charge in [0.2, 0.25) is 15.7 Å². The molecular formula is C15H11ClF3NO3S. The third kappa shape index (κ3) is 3.39. The third-order valence-corrected chi connectivity index (χ3v) is 5.37. The molecule has 0 aliphatic rings. The van der Waals surface area contributed by atoms with Crippen LogP contribution in [0.25, 0.3) is 0 Å². The lowest BCUT2D eigenvalue weighted by Crippen LogP contribution is -2.19. The Kier molecular flexibility index (Phi) is 4.65. The number of nitrogens with two attached hydrogens (primary N) is 1. The topological polar surface area (TPSA) is 77.2 Å². The number of carbonyl (C=O) groups is 1. The summed E-state index contributed by atoms with van der Waals surface area (Å²) < 4.78 is 65.1. The second kappa shape index (κ2) is 6.10. The predicted molar refractivity (Wildman–Crippen MR) is 81.6 cm³/mol. The molecule has 2 N–H and O–H groups in total. The smallest absolute Gasteiger partial charge is 0.366 e. The first-order valence-corrected chi connectivity index (χ1v) is 8.33. The van der Waals surface area contributed by atoms with Crippen LogP contribution in [-0.4, -0.2) is 14.3 Å². The van der Waals surface area contributed by atoms with Gasteiger partial charge in [-0.1, -0.05) is 11.6 Å². The van der Waals surface area contributed by atoms with Crippen LogP contribution in [0, 0.1) is 6.92 Å². The van der Waals surface area contributed by atoms with Gasteiger partial charge < -0.3 is 5.73 Å². The first kappa shape index (κ1) is 18.3. The van der Waals surface area contributed by atoms with Gasteiger partial charge in [0.05, 0.1) is 15.4 Å². The molecule has 4 nitrogen and oxygen atoms in total. The quantitative estimate of drug-likeness (QED) is 0.887. The fraction of sp³-hybridized carbons (Fsp3) is 0.133. The SMILES string of the molecule is Cc1cc(S(=O)(=O)c2ccc(Cl)cc2)c(C(F)(F)F)cc1C(N)=O. The van der Waals surface area contributed by atoms with Crippen molar-refractivity contribution in [3.05, 3.63) is 58.1 Å². The zero-order valence-electron chi connectivity index (χ0n) is 12.2. The number of hydrogen-bond donors (Lipinski definition) is 1. The van der Waals surface area contributed by atoms with E-state index in [1.165, 1.54) is 19.1 Å². The number of halogens is 4. The number of primary amides is 1. The van der Waals surface area contributed by atoms with Gasteiger partial charge in [0.15, 0.2) is 0 Å². The second-order valence-corrected chi connectivity index (χ2v) is 7.34. The van der Waals surface area contributed by atoms with Crippen molar-refractivity contribution >= 4 is 27.3 Å². The molecule has 2 rings (SSSR count). The highest BCUT2D eigenvalue weighted by Gasteiger charge is 2.38. The van der Waals surface area contributed by atoms with Crippen LogP contribution in [0.4, 0.5) is 13.2 Å². The summed E-state index contributed by atoms with van der Waals surface area (Å²) >= 11 is 5.67. The Morgan fingerprint density at radius 2 is 1.67 bits per heavy atom. The Hall–Kier alpha value is -2.06. The molecule has 2 aromatic rings. The summed E-state index contributed by atoms with van der Waals surface area (Å²) in [5, 5.41) is 0.241. The van der Waals surface area contributed by atoms with Crippen LogP contribution in [-0.2, 0) is 16.0 Å². The molecule has 0 atom stereocenters. The average molecular weight is 378 g/mol. The van der Waals surface area contributed by atoms with E-state index in [1.807, 2.05) is 0 Å². The van der Waals surface area contributed by atoms with Crippen LogP contribution in [0.15, 0.2) is 46.2 Å². The van der Waals surface area contributed by atoms with Gasteiger partial charge in [-0.25, -0.2) is 8.42 Å². The minimum Gasteiger partial charge on any atom is -0.366 e. The molecule has 24 heavy (non-hydrogen) atoms. The van der Waals surface area contributed by atoms with Crippen LogP contribution in [0.2, 0.25) is 5.02 Å². The van der Waals surface area contributed by atoms with Gasteiger partial charge in [0, 0.05) is 10.6 Å². The Morgan fingerprint density at radius 1 is 1.12 bits per heavy atom. The van der Waals surface area contributed by atoms with Crippen molar-refractivity contribution in [1.82, 2.24) is 0 Å². The molecule has 0 saturated carbocycles. The summed E-state index contributed by atoms with van der Waals surface area (Å²) in [6.45, 7) is 1.31. The number of sulfone groups is 1. The normalized spacial score (nSPS) is 12.2. The van der Waals surface area contributed by atoms with Gasteiger partial charge in [-0.3, -0.25) is 4.79 Å². The molecule has 128 valence electrons. The fourth-order valence-corrected chi connectivity index (χ4v) is 3.80. The van der Waals surface area contributed by atoms with Crippen molar-refractivity contribution in [2.45, 2.75) is 22.9 Å². The van der Waals surface area contributed by atoms with Crippen LogP contribution >= 0.6 is 11.6 Å². The summed E-state index contributed by atoms with van der Waals surface area (Å²) in [6, 6.07) is 5.98. The third-order valence-electron chi connectivity index (χ3n) is 3.31.